The van der Waals surface area contributed by atoms with E-state index in [1.54, 1.807) is 0 Å². The molecule has 6 nitrogen and oxygen atoms in total. The van der Waals surface area contributed by atoms with Crippen molar-refractivity contribution in [1.29, 1.82) is 0 Å². The summed E-state index contributed by atoms with van der Waals surface area (Å²) in [5.74, 6) is -0.308. The molecule has 0 aromatic carbocycles. The van der Waals surface area contributed by atoms with Gasteiger partial charge in [-0.25, -0.2) is 8.42 Å². The van der Waals surface area contributed by atoms with E-state index >= 15 is 0 Å². The smallest absolute Gasteiger partial charge is 0.381 e. The summed E-state index contributed by atoms with van der Waals surface area (Å²) in [5, 5.41) is 3.72. The summed E-state index contributed by atoms with van der Waals surface area (Å²) in [6.07, 6.45) is -4.64. The average Bonchev–Trinajstić information content (AvgIpc) is 2.48. The van der Waals surface area contributed by atoms with E-state index in [9.17, 15) is 21.6 Å². The van der Waals surface area contributed by atoms with Crippen LogP contribution in [0.4, 0.5) is 19.0 Å². The second-order valence-corrected chi connectivity index (χ2v) is 6.51. The molecule has 0 spiro atoms. The number of halogens is 3. The molecule has 0 amide bonds. The van der Waals surface area contributed by atoms with Crippen molar-refractivity contribution < 1.29 is 21.6 Å². The standard InChI is InChI=1S/C10H17F3N4O2S/c1-6(2)17(5-10(11,12)13)20(18,19)8-7(3)16(4)15-9(8)14/h6H,5H2,1-4H3,(H2,14,15). The van der Waals surface area contributed by atoms with Gasteiger partial charge in [0.25, 0.3) is 0 Å². The van der Waals surface area contributed by atoms with Crippen molar-refractivity contribution in [3.63, 3.8) is 0 Å². The molecule has 0 fully saturated rings. The zero-order valence-corrected chi connectivity index (χ0v) is 12.4. The number of nitrogens with zero attached hydrogens (tertiary/aromatic N) is 3. The minimum absolute atomic E-state index is 0.190. The Labute approximate surface area is 115 Å². The first-order chi connectivity index (χ1) is 8.88. The fraction of sp³-hybridized carbons (Fsp3) is 0.700. The number of aromatic nitrogens is 2. The molecule has 0 saturated carbocycles. The van der Waals surface area contributed by atoms with E-state index in [1.165, 1.54) is 32.5 Å². The number of nitrogens with two attached hydrogens (primary N) is 1. The number of alkyl halides is 3. The normalized spacial score (nSPS) is 13.4. The van der Waals surface area contributed by atoms with Gasteiger partial charge in [0.2, 0.25) is 10.0 Å². The molecule has 0 aliphatic carbocycles. The van der Waals surface area contributed by atoms with Gasteiger partial charge in [-0.15, -0.1) is 0 Å². The molecule has 0 aliphatic rings. The van der Waals surface area contributed by atoms with Gasteiger partial charge in [-0.2, -0.15) is 22.6 Å². The quantitative estimate of drug-likeness (QED) is 0.907. The molecular weight excluding hydrogens is 297 g/mol. The van der Waals surface area contributed by atoms with Gasteiger partial charge in [0.1, 0.15) is 11.4 Å². The summed E-state index contributed by atoms with van der Waals surface area (Å²) in [6, 6.07) is -0.861. The van der Waals surface area contributed by atoms with Crippen LogP contribution in [-0.4, -0.2) is 41.3 Å². The summed E-state index contributed by atoms with van der Waals surface area (Å²) < 4.78 is 64.1. The van der Waals surface area contributed by atoms with Crippen LogP contribution in [0.3, 0.4) is 0 Å². The first-order valence-corrected chi connectivity index (χ1v) is 7.19. The third kappa shape index (κ3) is 3.23. The minimum Gasteiger partial charge on any atom is -0.381 e. The summed E-state index contributed by atoms with van der Waals surface area (Å²) >= 11 is 0. The van der Waals surface area contributed by atoms with Gasteiger partial charge < -0.3 is 5.73 Å². The Bertz CT molecular complexity index is 592. The molecule has 116 valence electrons. The average molecular weight is 314 g/mol. The van der Waals surface area contributed by atoms with E-state index in [0.717, 1.165) is 0 Å². The van der Waals surface area contributed by atoms with E-state index < -0.39 is 28.8 Å². The van der Waals surface area contributed by atoms with Crippen LogP contribution in [0.1, 0.15) is 19.5 Å². The second-order valence-electron chi connectivity index (χ2n) is 4.68. The molecule has 1 heterocycles. The number of aryl methyl sites for hydroxylation is 1. The van der Waals surface area contributed by atoms with Gasteiger partial charge in [0, 0.05) is 13.1 Å². The van der Waals surface area contributed by atoms with Crippen LogP contribution in [0.2, 0.25) is 0 Å². The Balaban J connectivity index is 3.38. The SMILES string of the molecule is Cc1c(S(=O)(=O)N(CC(F)(F)F)C(C)C)c(N)nn1C. The van der Waals surface area contributed by atoms with Crippen molar-refractivity contribution in [3.8, 4) is 0 Å². The van der Waals surface area contributed by atoms with Gasteiger partial charge >= 0.3 is 6.18 Å². The van der Waals surface area contributed by atoms with Crippen LogP contribution in [-0.2, 0) is 17.1 Å². The predicted octanol–water partition coefficient (Wildman–Crippen LogP) is 1.27. The molecule has 0 unspecified atom stereocenters. The van der Waals surface area contributed by atoms with Gasteiger partial charge in [0.15, 0.2) is 5.82 Å². The first kappa shape index (κ1) is 16.8. The number of hydrogen-bond donors (Lipinski definition) is 1. The highest BCUT2D eigenvalue weighted by Gasteiger charge is 2.40. The first-order valence-electron chi connectivity index (χ1n) is 5.75. The molecule has 10 heteroatoms. The number of sulfonamides is 1. The zero-order valence-electron chi connectivity index (χ0n) is 11.6. The van der Waals surface area contributed by atoms with Crippen LogP contribution in [0, 0.1) is 6.92 Å². The van der Waals surface area contributed by atoms with Crippen LogP contribution >= 0.6 is 0 Å². The van der Waals surface area contributed by atoms with E-state index in [0.29, 0.717) is 4.31 Å². The molecule has 20 heavy (non-hydrogen) atoms. The Kier molecular flexibility index (Phi) is 4.39. The van der Waals surface area contributed by atoms with Crippen LogP contribution in [0.5, 0.6) is 0 Å². The largest absolute Gasteiger partial charge is 0.402 e. The Hall–Kier alpha value is -1.29. The third-order valence-corrected chi connectivity index (χ3v) is 4.97. The third-order valence-electron chi connectivity index (χ3n) is 2.78. The topological polar surface area (TPSA) is 81.2 Å². The van der Waals surface area contributed by atoms with Crippen molar-refractivity contribution in [2.45, 2.75) is 37.9 Å². The molecule has 1 aromatic rings. The molecule has 2 N–H and O–H groups in total. The summed E-state index contributed by atoms with van der Waals surface area (Å²) in [4.78, 5) is -0.377. The van der Waals surface area contributed by atoms with Gasteiger partial charge in [-0.05, 0) is 20.8 Å². The minimum atomic E-state index is -4.64. The van der Waals surface area contributed by atoms with Crippen LogP contribution in [0.15, 0.2) is 4.90 Å². The summed E-state index contributed by atoms with van der Waals surface area (Å²) in [7, 11) is -2.90. The van der Waals surface area contributed by atoms with Crippen molar-refractivity contribution >= 4 is 15.8 Å². The van der Waals surface area contributed by atoms with E-state index in [2.05, 4.69) is 5.10 Å². The molecule has 0 bridgehead atoms. The van der Waals surface area contributed by atoms with Crippen molar-refractivity contribution in [3.05, 3.63) is 5.69 Å². The lowest BCUT2D eigenvalue weighted by Gasteiger charge is -2.26. The Morgan fingerprint density at radius 3 is 2.20 bits per heavy atom. The molecule has 0 saturated heterocycles. The van der Waals surface area contributed by atoms with Crippen LogP contribution in [0.25, 0.3) is 0 Å². The fourth-order valence-corrected chi connectivity index (χ4v) is 3.69. The van der Waals surface area contributed by atoms with Gasteiger partial charge in [-0.1, -0.05) is 0 Å². The Morgan fingerprint density at radius 1 is 1.40 bits per heavy atom. The second kappa shape index (κ2) is 5.24. The lowest BCUT2D eigenvalue weighted by atomic mass is 10.4. The van der Waals surface area contributed by atoms with Crippen molar-refractivity contribution in [1.82, 2.24) is 14.1 Å². The highest BCUT2D eigenvalue weighted by molar-refractivity contribution is 7.89. The number of nitrogen functional groups attached to an aromatic ring is 1. The molecule has 1 rings (SSSR count). The highest BCUT2D eigenvalue weighted by Crippen LogP contribution is 2.29. The molecular formula is C10H17F3N4O2S. The van der Waals surface area contributed by atoms with Crippen LogP contribution < -0.4 is 5.73 Å². The molecule has 0 atom stereocenters. The maximum Gasteiger partial charge on any atom is 0.402 e. The van der Waals surface area contributed by atoms with E-state index in [-0.39, 0.29) is 16.4 Å². The van der Waals surface area contributed by atoms with Crippen molar-refractivity contribution in [2.75, 3.05) is 12.3 Å². The van der Waals surface area contributed by atoms with Gasteiger partial charge in [0.05, 0.1) is 5.69 Å². The molecule has 0 radical (unpaired) electrons. The maximum atomic E-state index is 12.6. The lowest BCUT2D eigenvalue weighted by molar-refractivity contribution is -0.138. The van der Waals surface area contributed by atoms with E-state index in [1.807, 2.05) is 0 Å². The lowest BCUT2D eigenvalue weighted by Crippen LogP contribution is -2.43. The van der Waals surface area contributed by atoms with Gasteiger partial charge in [-0.3, -0.25) is 4.68 Å². The molecule has 1 aromatic heterocycles. The summed E-state index contributed by atoms with van der Waals surface area (Å²) in [6.45, 7) is 2.60. The highest BCUT2D eigenvalue weighted by atomic mass is 32.2. The monoisotopic (exact) mass is 314 g/mol. The number of anilines is 1. The number of rotatable bonds is 4. The number of hydrogen-bond acceptors (Lipinski definition) is 4. The van der Waals surface area contributed by atoms with Crippen molar-refractivity contribution in [2.24, 2.45) is 7.05 Å². The summed E-state index contributed by atoms with van der Waals surface area (Å²) in [5.41, 5.74) is 5.70. The van der Waals surface area contributed by atoms with E-state index in [4.69, 9.17) is 5.73 Å². The fourth-order valence-electron chi connectivity index (χ4n) is 1.77. The Morgan fingerprint density at radius 2 is 1.90 bits per heavy atom. The molecule has 0 aliphatic heterocycles. The zero-order chi connectivity index (χ0) is 15.9. The maximum absolute atomic E-state index is 12.6. The predicted molar refractivity (Wildman–Crippen MR) is 67.4 cm³/mol.